The zero-order chi connectivity index (χ0) is 19.1. The fourth-order valence-corrected chi connectivity index (χ4v) is 4.31. The van der Waals surface area contributed by atoms with E-state index in [9.17, 15) is 0 Å². The van der Waals surface area contributed by atoms with Crippen LogP contribution in [0.2, 0.25) is 0 Å². The van der Waals surface area contributed by atoms with Crippen molar-refractivity contribution in [3.63, 3.8) is 0 Å². The van der Waals surface area contributed by atoms with Crippen LogP contribution in [0.15, 0.2) is 42.5 Å². The minimum Gasteiger partial charge on any atom is -0.0978 e. The monoisotopic (exact) mass is 517 g/mol. The van der Waals surface area contributed by atoms with Crippen molar-refractivity contribution < 1.29 is 0 Å². The molecule has 0 saturated heterocycles. The van der Waals surface area contributed by atoms with Crippen molar-refractivity contribution in [2.24, 2.45) is 0 Å². The Morgan fingerprint density at radius 3 is 1.84 bits per heavy atom. The third-order valence-electron chi connectivity index (χ3n) is 3.63. The lowest BCUT2D eigenvalue weighted by Crippen LogP contribution is -2.56. The average molecular weight is 521 g/mol. The zero-order valence-corrected chi connectivity index (χ0v) is 19.0. The van der Waals surface area contributed by atoms with Gasteiger partial charge >= 0.3 is 0 Å². The molecule has 0 amide bonds. The van der Waals surface area contributed by atoms with Gasteiger partial charge in [-0.05, 0) is 22.8 Å². The molecule has 0 aliphatic rings. The lowest BCUT2D eigenvalue weighted by Gasteiger charge is -2.43. The van der Waals surface area contributed by atoms with E-state index in [0.29, 0.717) is 6.42 Å². The van der Waals surface area contributed by atoms with Gasteiger partial charge in [-0.3, -0.25) is 0 Å². The summed E-state index contributed by atoms with van der Waals surface area (Å²) < 4.78 is -8.66. The van der Waals surface area contributed by atoms with Gasteiger partial charge in [-0.25, -0.2) is 0 Å². The average Bonchev–Trinajstić information content (AvgIpc) is 2.51. The molecule has 0 atom stereocenters. The van der Waals surface area contributed by atoms with Gasteiger partial charge in [-0.1, -0.05) is 147 Å². The van der Waals surface area contributed by atoms with Crippen LogP contribution in [-0.2, 0) is 6.42 Å². The zero-order valence-electron chi connectivity index (χ0n) is 12.2. The molecule has 25 heavy (non-hydrogen) atoms. The largest absolute Gasteiger partial charge is 0.226 e. The molecule has 0 fully saturated rings. The van der Waals surface area contributed by atoms with E-state index >= 15 is 0 Å². The van der Waals surface area contributed by atoms with Crippen molar-refractivity contribution in [1.29, 1.82) is 0 Å². The fourth-order valence-electron chi connectivity index (χ4n) is 2.22. The van der Waals surface area contributed by atoms with E-state index in [1.807, 2.05) is 42.5 Å². The van der Waals surface area contributed by atoms with Crippen molar-refractivity contribution in [3.8, 4) is 0 Å². The first-order valence-corrected chi connectivity index (χ1v) is 10.2. The highest BCUT2D eigenvalue weighted by Crippen LogP contribution is 2.63. The second-order valence-electron chi connectivity index (χ2n) is 5.32. The topological polar surface area (TPSA) is 0 Å². The van der Waals surface area contributed by atoms with Gasteiger partial charge in [0.2, 0.25) is 3.79 Å². The second kappa shape index (κ2) is 7.97. The van der Waals surface area contributed by atoms with Crippen LogP contribution in [0.3, 0.4) is 0 Å². The molecule has 0 unspecified atom stereocenters. The Bertz CT molecular complexity index is 741. The molecule has 0 aliphatic heterocycles. The molecule has 137 valence electrons. The van der Waals surface area contributed by atoms with Crippen LogP contribution < -0.4 is 0 Å². The second-order valence-corrected chi connectivity index (χ2v) is 11.6. The molecular weight excluding hydrogens is 511 g/mol. The van der Waals surface area contributed by atoms with E-state index in [-0.39, 0.29) is 0 Å². The quantitative estimate of drug-likeness (QED) is 0.346. The number of benzene rings is 2. The molecule has 9 heteroatoms. The molecule has 1 radical (unpaired) electrons. The summed E-state index contributed by atoms with van der Waals surface area (Å²) in [4.78, 5) is 0. The normalized spacial score (nSPS) is 14.1. The van der Waals surface area contributed by atoms with E-state index < -0.39 is 16.8 Å². The summed E-state index contributed by atoms with van der Waals surface area (Å²) in [5.74, 6) is 0. The van der Waals surface area contributed by atoms with E-state index in [4.69, 9.17) is 104 Å². The van der Waals surface area contributed by atoms with Crippen molar-refractivity contribution >= 4 is 115 Å². The van der Waals surface area contributed by atoms with Gasteiger partial charge < -0.3 is 0 Å². The minimum absolute atomic E-state index is 0.333. The van der Waals surface area contributed by atoms with Crippen molar-refractivity contribution in [2.45, 2.75) is 23.2 Å². The first-order chi connectivity index (χ1) is 11.3. The SMILES string of the molecule is ClC(Cl)(Cl)C(Cl)(Cl)C(Cl)(Cl)C(Cl)(Cl)[CH]Cc1cccc2ccccc12. The van der Waals surface area contributed by atoms with Crippen LogP contribution in [-0.4, -0.2) is 16.8 Å². The highest BCUT2D eigenvalue weighted by molar-refractivity contribution is 6.80. The minimum atomic E-state index is -2.29. The summed E-state index contributed by atoms with van der Waals surface area (Å²) in [6.07, 6.45) is 1.80. The summed E-state index contributed by atoms with van der Waals surface area (Å²) in [7, 11) is 0. The van der Waals surface area contributed by atoms with Crippen LogP contribution >= 0.6 is 104 Å². The number of fused-ring (bicyclic) bond motifs is 1. The van der Waals surface area contributed by atoms with Gasteiger partial charge in [0.05, 0.1) is 0 Å². The van der Waals surface area contributed by atoms with E-state index in [1.165, 1.54) is 6.42 Å². The molecule has 0 aliphatic carbocycles. The van der Waals surface area contributed by atoms with Crippen molar-refractivity contribution in [3.05, 3.63) is 54.4 Å². The van der Waals surface area contributed by atoms with Crippen LogP contribution in [0.4, 0.5) is 0 Å². The van der Waals surface area contributed by atoms with Gasteiger partial charge in [0.15, 0.2) is 13.0 Å². The highest BCUT2D eigenvalue weighted by atomic mass is 35.6. The summed E-state index contributed by atoms with van der Waals surface area (Å²) in [5.41, 5.74) is 0.955. The number of alkyl halides is 9. The summed E-state index contributed by atoms with van der Waals surface area (Å²) in [5, 5.41) is 2.10. The van der Waals surface area contributed by atoms with Gasteiger partial charge in [0.25, 0.3) is 0 Å². The number of halogens is 9. The van der Waals surface area contributed by atoms with Crippen molar-refractivity contribution in [2.75, 3.05) is 0 Å². The van der Waals surface area contributed by atoms with Gasteiger partial charge in [-0.2, -0.15) is 0 Å². The Kier molecular flexibility index (Phi) is 7.21. The predicted molar refractivity (Wildman–Crippen MR) is 116 cm³/mol. The molecule has 0 bridgehead atoms. The van der Waals surface area contributed by atoms with Crippen LogP contribution in [0, 0.1) is 6.42 Å². The lowest BCUT2D eigenvalue weighted by atomic mass is 9.98. The summed E-state index contributed by atoms with van der Waals surface area (Å²) in [6.45, 7) is 0. The molecule has 2 aromatic carbocycles. The summed E-state index contributed by atoms with van der Waals surface area (Å²) >= 11 is 54.6. The molecule has 2 aromatic rings. The Balaban J connectivity index is 2.29. The molecule has 0 saturated carbocycles. The maximum atomic E-state index is 6.32. The van der Waals surface area contributed by atoms with E-state index in [0.717, 1.165) is 16.3 Å². The smallest absolute Gasteiger partial charge is 0.0978 e. The van der Waals surface area contributed by atoms with E-state index in [1.54, 1.807) is 0 Å². The molecule has 0 aromatic heterocycles. The molecule has 0 spiro atoms. The fraction of sp³-hybridized carbons (Fsp3) is 0.312. The third-order valence-corrected chi connectivity index (χ3v) is 9.00. The van der Waals surface area contributed by atoms with Crippen LogP contribution in [0.5, 0.6) is 0 Å². The molecule has 2 rings (SSSR count). The van der Waals surface area contributed by atoms with Crippen LogP contribution in [0.25, 0.3) is 10.8 Å². The van der Waals surface area contributed by atoms with Crippen molar-refractivity contribution in [1.82, 2.24) is 0 Å². The molecule has 0 nitrogen and oxygen atoms in total. The highest BCUT2D eigenvalue weighted by Gasteiger charge is 2.67. The maximum Gasteiger partial charge on any atom is 0.226 e. The molecule has 0 heterocycles. The Hall–Kier alpha value is 1.31. The van der Waals surface area contributed by atoms with Crippen LogP contribution in [0.1, 0.15) is 5.56 Å². The first kappa shape index (κ1) is 22.6. The Morgan fingerprint density at radius 1 is 0.680 bits per heavy atom. The van der Waals surface area contributed by atoms with Gasteiger partial charge in [0, 0.05) is 6.42 Å². The maximum absolute atomic E-state index is 6.32. The number of hydrogen-bond acceptors (Lipinski definition) is 0. The standard InChI is InChI=1S/C16H10Cl9/c17-13(18,14(19,20)15(21,22)16(23,24)25)9-8-11-6-3-5-10-4-1-2-7-12(10)11/h1-7,9H,8H2. The lowest BCUT2D eigenvalue weighted by molar-refractivity contribution is 0.614. The Morgan fingerprint density at radius 2 is 1.24 bits per heavy atom. The predicted octanol–water partition coefficient (Wildman–Crippen LogP) is 8.48. The van der Waals surface area contributed by atoms with Gasteiger partial charge in [-0.15, -0.1) is 0 Å². The number of rotatable bonds is 5. The summed E-state index contributed by atoms with van der Waals surface area (Å²) in [6, 6.07) is 13.7. The van der Waals surface area contributed by atoms with E-state index in [2.05, 4.69) is 0 Å². The third kappa shape index (κ3) is 4.50. The first-order valence-electron chi connectivity index (χ1n) is 6.82. The van der Waals surface area contributed by atoms with Gasteiger partial charge in [0.1, 0.15) is 0 Å². The molecular formula is C16H10Cl9. The number of hydrogen-bond donors (Lipinski definition) is 0. The molecule has 0 N–H and O–H groups in total. The Labute approximate surface area is 191 Å².